The number of esters is 1. The maximum atomic E-state index is 12.8. The lowest BCUT2D eigenvalue weighted by Crippen LogP contribution is -2.22. The van der Waals surface area contributed by atoms with Crippen LogP contribution < -0.4 is 14.8 Å². The van der Waals surface area contributed by atoms with Crippen LogP contribution in [0.15, 0.2) is 42.5 Å². The predicted molar refractivity (Wildman–Crippen MR) is 87.1 cm³/mol. The minimum atomic E-state index is -0.566. The number of fused-ring (bicyclic) bond motifs is 1. The van der Waals surface area contributed by atoms with E-state index in [1.807, 2.05) is 0 Å². The van der Waals surface area contributed by atoms with E-state index in [1.165, 1.54) is 24.3 Å². The standard InChI is InChI=1S/C18H16FNO5/c19-13-3-1-12(2-4-13)9-18(22)25-11-17(21)20-14-5-6-15-16(10-14)24-8-7-23-15/h1-6,10H,7-9,11H2,(H,20,21). The van der Waals surface area contributed by atoms with Crippen LogP contribution in [0.3, 0.4) is 0 Å². The number of hydrogen-bond donors (Lipinski definition) is 1. The SMILES string of the molecule is O=C(COC(=O)Cc1ccc(F)cc1)Nc1ccc2c(c1)OCCO2. The van der Waals surface area contributed by atoms with Gasteiger partial charge in [-0.3, -0.25) is 9.59 Å². The van der Waals surface area contributed by atoms with E-state index in [0.29, 0.717) is 36.0 Å². The van der Waals surface area contributed by atoms with Gasteiger partial charge in [-0.25, -0.2) is 4.39 Å². The van der Waals surface area contributed by atoms with Gasteiger partial charge >= 0.3 is 5.97 Å². The average Bonchev–Trinajstić information content (AvgIpc) is 2.62. The Hall–Kier alpha value is -3.09. The molecule has 0 fully saturated rings. The molecule has 1 heterocycles. The second-order valence-electron chi connectivity index (χ2n) is 5.37. The summed E-state index contributed by atoms with van der Waals surface area (Å²) in [4.78, 5) is 23.6. The summed E-state index contributed by atoms with van der Waals surface area (Å²) in [6, 6.07) is 10.5. The smallest absolute Gasteiger partial charge is 0.310 e. The summed E-state index contributed by atoms with van der Waals surface area (Å²) in [5, 5.41) is 2.62. The normalized spacial score (nSPS) is 12.4. The molecule has 0 saturated carbocycles. The number of ether oxygens (including phenoxy) is 3. The van der Waals surface area contributed by atoms with E-state index >= 15 is 0 Å². The van der Waals surface area contributed by atoms with Crippen molar-refractivity contribution in [1.29, 1.82) is 0 Å². The highest BCUT2D eigenvalue weighted by Crippen LogP contribution is 2.32. The number of hydrogen-bond acceptors (Lipinski definition) is 5. The third-order valence-electron chi connectivity index (χ3n) is 3.45. The Morgan fingerprint density at radius 1 is 1.04 bits per heavy atom. The zero-order valence-corrected chi connectivity index (χ0v) is 13.3. The lowest BCUT2D eigenvalue weighted by molar-refractivity contribution is -0.146. The largest absolute Gasteiger partial charge is 0.486 e. The molecule has 1 N–H and O–H groups in total. The monoisotopic (exact) mass is 345 g/mol. The van der Waals surface area contributed by atoms with Crippen molar-refractivity contribution in [2.24, 2.45) is 0 Å². The highest BCUT2D eigenvalue weighted by molar-refractivity contribution is 5.93. The van der Waals surface area contributed by atoms with Crippen LogP contribution in [0.1, 0.15) is 5.56 Å². The van der Waals surface area contributed by atoms with Gasteiger partial charge in [0.15, 0.2) is 18.1 Å². The molecule has 1 aliphatic rings. The van der Waals surface area contributed by atoms with Gasteiger partial charge < -0.3 is 19.5 Å². The van der Waals surface area contributed by atoms with Crippen LogP contribution in [0.25, 0.3) is 0 Å². The number of benzene rings is 2. The summed E-state index contributed by atoms with van der Waals surface area (Å²) in [5.41, 5.74) is 1.13. The molecule has 0 unspecified atom stereocenters. The van der Waals surface area contributed by atoms with Gasteiger partial charge in [-0.2, -0.15) is 0 Å². The van der Waals surface area contributed by atoms with Gasteiger partial charge in [0.05, 0.1) is 6.42 Å². The van der Waals surface area contributed by atoms with E-state index in [0.717, 1.165) is 0 Å². The van der Waals surface area contributed by atoms with Crippen LogP contribution in [-0.2, 0) is 20.7 Å². The first kappa shape index (κ1) is 16.8. The maximum Gasteiger partial charge on any atom is 0.310 e. The Morgan fingerprint density at radius 3 is 2.52 bits per heavy atom. The zero-order chi connectivity index (χ0) is 17.6. The number of halogens is 1. The summed E-state index contributed by atoms with van der Waals surface area (Å²) in [6.07, 6.45) is -0.0302. The van der Waals surface area contributed by atoms with Crippen molar-refractivity contribution >= 4 is 17.6 Å². The fraction of sp³-hybridized carbons (Fsp3) is 0.222. The Bertz CT molecular complexity index is 776. The quantitative estimate of drug-likeness (QED) is 0.842. The van der Waals surface area contributed by atoms with Crippen LogP contribution in [0.4, 0.5) is 10.1 Å². The van der Waals surface area contributed by atoms with E-state index in [4.69, 9.17) is 14.2 Å². The zero-order valence-electron chi connectivity index (χ0n) is 13.3. The molecule has 0 radical (unpaired) electrons. The molecule has 1 amide bonds. The van der Waals surface area contributed by atoms with Gasteiger partial charge in [0.1, 0.15) is 19.0 Å². The molecule has 25 heavy (non-hydrogen) atoms. The second kappa shape index (κ2) is 7.65. The molecule has 0 aromatic heterocycles. The summed E-state index contributed by atoms with van der Waals surface area (Å²) in [5.74, 6) is -0.240. The van der Waals surface area contributed by atoms with E-state index in [1.54, 1.807) is 18.2 Å². The van der Waals surface area contributed by atoms with E-state index in [9.17, 15) is 14.0 Å². The number of rotatable bonds is 5. The maximum absolute atomic E-state index is 12.8. The van der Waals surface area contributed by atoms with Crippen molar-refractivity contribution in [3.8, 4) is 11.5 Å². The molecular formula is C18H16FNO5. The fourth-order valence-corrected chi connectivity index (χ4v) is 2.28. The molecule has 2 aromatic rings. The van der Waals surface area contributed by atoms with Crippen LogP contribution >= 0.6 is 0 Å². The molecule has 130 valence electrons. The molecular weight excluding hydrogens is 329 g/mol. The van der Waals surface area contributed by atoms with Crippen molar-refractivity contribution in [1.82, 2.24) is 0 Å². The van der Waals surface area contributed by atoms with E-state index in [2.05, 4.69) is 5.32 Å². The third kappa shape index (κ3) is 4.69. The summed E-state index contributed by atoms with van der Waals surface area (Å²) < 4.78 is 28.6. The van der Waals surface area contributed by atoms with Gasteiger partial charge in [-0.15, -0.1) is 0 Å². The first-order valence-corrected chi connectivity index (χ1v) is 7.70. The Morgan fingerprint density at radius 2 is 1.76 bits per heavy atom. The molecule has 7 heteroatoms. The molecule has 6 nitrogen and oxygen atoms in total. The van der Waals surface area contributed by atoms with Crippen molar-refractivity contribution in [2.75, 3.05) is 25.1 Å². The molecule has 2 aromatic carbocycles. The molecule has 0 spiro atoms. The van der Waals surface area contributed by atoms with Crippen LogP contribution in [0.5, 0.6) is 11.5 Å². The lowest BCUT2D eigenvalue weighted by atomic mass is 10.1. The van der Waals surface area contributed by atoms with Gasteiger partial charge in [0, 0.05) is 11.8 Å². The minimum Gasteiger partial charge on any atom is -0.486 e. The molecule has 0 saturated heterocycles. The lowest BCUT2D eigenvalue weighted by Gasteiger charge is -2.19. The van der Waals surface area contributed by atoms with Crippen LogP contribution in [0.2, 0.25) is 0 Å². The molecule has 0 atom stereocenters. The first-order chi connectivity index (χ1) is 12.1. The summed E-state index contributed by atoms with van der Waals surface area (Å²) in [7, 11) is 0. The number of carbonyl (C=O) groups is 2. The third-order valence-corrected chi connectivity index (χ3v) is 3.45. The topological polar surface area (TPSA) is 73.9 Å². The molecule has 3 rings (SSSR count). The number of anilines is 1. The Kier molecular flexibility index (Phi) is 5.13. The minimum absolute atomic E-state index is 0.0302. The predicted octanol–water partition coefficient (Wildman–Crippen LogP) is 2.32. The highest BCUT2D eigenvalue weighted by Gasteiger charge is 2.14. The molecule has 0 bridgehead atoms. The second-order valence-corrected chi connectivity index (χ2v) is 5.37. The van der Waals surface area contributed by atoms with Crippen molar-refractivity contribution < 1.29 is 28.2 Å². The van der Waals surface area contributed by atoms with E-state index in [-0.39, 0.29) is 12.2 Å². The number of carbonyl (C=O) groups excluding carboxylic acids is 2. The van der Waals surface area contributed by atoms with Gasteiger partial charge in [0.25, 0.3) is 5.91 Å². The fourth-order valence-electron chi connectivity index (χ4n) is 2.28. The Balaban J connectivity index is 1.47. The summed E-state index contributed by atoms with van der Waals surface area (Å²) in [6.45, 7) is 0.530. The van der Waals surface area contributed by atoms with Crippen molar-refractivity contribution in [3.05, 3.63) is 53.8 Å². The Labute approximate surface area is 143 Å². The highest BCUT2D eigenvalue weighted by atomic mass is 19.1. The van der Waals surface area contributed by atoms with Gasteiger partial charge in [-0.1, -0.05) is 12.1 Å². The van der Waals surface area contributed by atoms with Crippen LogP contribution in [-0.4, -0.2) is 31.7 Å². The van der Waals surface area contributed by atoms with Crippen molar-refractivity contribution in [2.45, 2.75) is 6.42 Å². The number of nitrogens with one attached hydrogen (secondary N) is 1. The average molecular weight is 345 g/mol. The summed E-state index contributed by atoms with van der Waals surface area (Å²) >= 11 is 0. The first-order valence-electron chi connectivity index (χ1n) is 7.70. The number of amides is 1. The van der Waals surface area contributed by atoms with Gasteiger partial charge in [-0.05, 0) is 29.8 Å². The van der Waals surface area contributed by atoms with Crippen molar-refractivity contribution in [3.63, 3.8) is 0 Å². The van der Waals surface area contributed by atoms with E-state index < -0.39 is 18.5 Å². The molecule has 0 aliphatic carbocycles. The van der Waals surface area contributed by atoms with Crippen LogP contribution in [0, 0.1) is 5.82 Å². The van der Waals surface area contributed by atoms with Gasteiger partial charge in [0.2, 0.25) is 0 Å². The molecule has 1 aliphatic heterocycles.